The lowest BCUT2D eigenvalue weighted by Gasteiger charge is -2.21. The maximum Gasteiger partial charge on any atom is 0.330 e. The fraction of sp³-hybridized carbons (Fsp3) is 0.667. The minimum absolute atomic E-state index is 0.297. The Hall–Kier alpha value is -0.830. The fourth-order valence-electron chi connectivity index (χ4n) is 1.40. The molecule has 3 heteroatoms. The van der Waals surface area contributed by atoms with E-state index in [1.807, 2.05) is 0 Å². The Balaban J connectivity index is 2.29. The molecule has 0 aromatic carbocycles. The van der Waals surface area contributed by atoms with Gasteiger partial charge in [-0.25, -0.2) is 4.79 Å². The van der Waals surface area contributed by atoms with Crippen LogP contribution in [0.2, 0.25) is 0 Å². The molecule has 3 nitrogen and oxygen atoms in total. The summed E-state index contributed by atoms with van der Waals surface area (Å²) in [4.78, 5) is 10.4. The molecule has 1 rings (SSSR count). The Morgan fingerprint density at radius 1 is 1.67 bits per heavy atom. The van der Waals surface area contributed by atoms with Crippen molar-refractivity contribution in [1.82, 2.24) is 0 Å². The van der Waals surface area contributed by atoms with Gasteiger partial charge in [-0.3, -0.25) is 0 Å². The van der Waals surface area contributed by atoms with Crippen molar-refractivity contribution < 1.29 is 14.6 Å². The molecule has 1 aliphatic heterocycles. The van der Waals surface area contributed by atoms with Crippen molar-refractivity contribution in [3.63, 3.8) is 0 Å². The second-order valence-electron chi connectivity index (χ2n) is 3.20. The molecule has 68 valence electrons. The highest BCUT2D eigenvalue weighted by atomic mass is 16.5. The zero-order chi connectivity index (χ0) is 8.97. The van der Waals surface area contributed by atoms with Gasteiger partial charge in [0.25, 0.3) is 0 Å². The quantitative estimate of drug-likeness (QED) is 0.652. The van der Waals surface area contributed by atoms with E-state index in [2.05, 4.69) is 6.58 Å². The van der Waals surface area contributed by atoms with E-state index in [-0.39, 0.29) is 0 Å². The first-order valence-electron chi connectivity index (χ1n) is 4.19. The summed E-state index contributed by atoms with van der Waals surface area (Å²) in [5.74, 6) is -0.525. The van der Waals surface area contributed by atoms with Gasteiger partial charge in [0.2, 0.25) is 0 Å². The van der Waals surface area contributed by atoms with Crippen LogP contribution in [-0.4, -0.2) is 24.3 Å². The number of ether oxygens (including phenoxy) is 1. The molecule has 1 saturated heterocycles. The predicted molar refractivity (Wildman–Crippen MR) is 44.9 cm³/mol. The zero-order valence-corrected chi connectivity index (χ0v) is 7.08. The van der Waals surface area contributed by atoms with Crippen LogP contribution in [0, 0.1) is 5.92 Å². The first-order chi connectivity index (χ1) is 5.70. The Kier molecular flexibility index (Phi) is 3.29. The van der Waals surface area contributed by atoms with Crippen LogP contribution in [-0.2, 0) is 9.53 Å². The molecule has 1 heterocycles. The molecule has 0 saturated carbocycles. The second kappa shape index (κ2) is 4.26. The molecule has 1 N–H and O–H groups in total. The van der Waals surface area contributed by atoms with E-state index in [0.717, 1.165) is 19.4 Å². The minimum Gasteiger partial charge on any atom is -0.478 e. The summed E-state index contributed by atoms with van der Waals surface area (Å²) in [6.45, 7) is 5.00. The number of hydrogen-bond acceptors (Lipinski definition) is 2. The topological polar surface area (TPSA) is 46.5 Å². The Morgan fingerprint density at radius 3 is 2.92 bits per heavy atom. The van der Waals surface area contributed by atoms with Gasteiger partial charge < -0.3 is 9.84 Å². The van der Waals surface area contributed by atoms with Crippen molar-refractivity contribution in [2.24, 2.45) is 5.92 Å². The van der Waals surface area contributed by atoms with Gasteiger partial charge >= 0.3 is 5.97 Å². The van der Waals surface area contributed by atoms with Crippen molar-refractivity contribution >= 4 is 5.97 Å². The molecule has 0 aliphatic carbocycles. The van der Waals surface area contributed by atoms with Crippen LogP contribution in [0.25, 0.3) is 0 Å². The summed E-state index contributed by atoms with van der Waals surface area (Å²) in [6.07, 6.45) is 2.67. The third kappa shape index (κ3) is 2.66. The molecule has 0 bridgehead atoms. The summed E-state index contributed by atoms with van der Waals surface area (Å²) in [7, 11) is 0. The SMILES string of the molecule is C=C(CC1CCCOC1)C(=O)O. The van der Waals surface area contributed by atoms with Gasteiger partial charge in [0.1, 0.15) is 0 Å². The average molecular weight is 170 g/mol. The molecular formula is C9H14O3. The molecule has 0 spiro atoms. The van der Waals surface area contributed by atoms with E-state index in [1.54, 1.807) is 0 Å². The molecule has 0 radical (unpaired) electrons. The summed E-state index contributed by atoms with van der Waals surface area (Å²) in [6, 6.07) is 0. The van der Waals surface area contributed by atoms with Crippen molar-refractivity contribution in [3.05, 3.63) is 12.2 Å². The first-order valence-corrected chi connectivity index (χ1v) is 4.19. The minimum atomic E-state index is -0.888. The molecule has 0 amide bonds. The van der Waals surface area contributed by atoms with Gasteiger partial charge in [0.05, 0.1) is 0 Å². The molecule has 1 atom stereocenters. The normalized spacial score (nSPS) is 23.5. The lowest BCUT2D eigenvalue weighted by Crippen LogP contribution is -2.19. The second-order valence-corrected chi connectivity index (χ2v) is 3.20. The van der Waals surface area contributed by atoms with Crippen LogP contribution in [0.15, 0.2) is 12.2 Å². The van der Waals surface area contributed by atoms with Crippen molar-refractivity contribution in [2.45, 2.75) is 19.3 Å². The van der Waals surface area contributed by atoms with E-state index in [0.29, 0.717) is 24.5 Å². The third-order valence-electron chi connectivity index (χ3n) is 2.09. The van der Waals surface area contributed by atoms with E-state index in [4.69, 9.17) is 9.84 Å². The largest absolute Gasteiger partial charge is 0.478 e. The Morgan fingerprint density at radius 2 is 2.42 bits per heavy atom. The summed E-state index contributed by atoms with van der Waals surface area (Å²) in [5, 5.41) is 8.57. The number of carbonyl (C=O) groups is 1. The number of carboxylic acid groups (broad SMARTS) is 1. The van der Waals surface area contributed by atoms with Crippen molar-refractivity contribution in [2.75, 3.05) is 13.2 Å². The predicted octanol–water partition coefficient (Wildman–Crippen LogP) is 1.44. The molecule has 1 unspecified atom stereocenters. The lowest BCUT2D eigenvalue weighted by molar-refractivity contribution is -0.133. The van der Waals surface area contributed by atoms with E-state index in [9.17, 15) is 4.79 Å². The highest BCUT2D eigenvalue weighted by Gasteiger charge is 2.17. The summed E-state index contributed by atoms with van der Waals surface area (Å²) >= 11 is 0. The van der Waals surface area contributed by atoms with Crippen molar-refractivity contribution in [1.29, 1.82) is 0 Å². The van der Waals surface area contributed by atoms with Gasteiger partial charge in [0.15, 0.2) is 0 Å². The summed E-state index contributed by atoms with van der Waals surface area (Å²) < 4.78 is 5.23. The first kappa shape index (κ1) is 9.26. The number of aliphatic carboxylic acids is 1. The highest BCUT2D eigenvalue weighted by molar-refractivity contribution is 5.85. The summed E-state index contributed by atoms with van der Waals surface area (Å²) in [5.41, 5.74) is 0.297. The maximum absolute atomic E-state index is 10.4. The molecule has 12 heavy (non-hydrogen) atoms. The van der Waals surface area contributed by atoms with Crippen LogP contribution in [0.1, 0.15) is 19.3 Å². The fourth-order valence-corrected chi connectivity index (χ4v) is 1.40. The number of hydrogen-bond donors (Lipinski definition) is 1. The van der Waals surface area contributed by atoms with Crippen molar-refractivity contribution in [3.8, 4) is 0 Å². The lowest BCUT2D eigenvalue weighted by atomic mass is 9.95. The third-order valence-corrected chi connectivity index (χ3v) is 2.09. The van der Waals surface area contributed by atoms with E-state index in [1.165, 1.54) is 0 Å². The Bertz CT molecular complexity index is 180. The van der Waals surface area contributed by atoms with Gasteiger partial charge in [-0.05, 0) is 25.2 Å². The van der Waals surface area contributed by atoms with Crippen LogP contribution in [0.4, 0.5) is 0 Å². The highest BCUT2D eigenvalue weighted by Crippen LogP contribution is 2.20. The van der Waals surface area contributed by atoms with Crippen LogP contribution in [0.5, 0.6) is 0 Å². The number of carboxylic acids is 1. The van der Waals surface area contributed by atoms with Gasteiger partial charge in [0, 0.05) is 18.8 Å². The van der Waals surface area contributed by atoms with E-state index >= 15 is 0 Å². The van der Waals surface area contributed by atoms with Crippen LogP contribution < -0.4 is 0 Å². The monoisotopic (exact) mass is 170 g/mol. The van der Waals surface area contributed by atoms with Crippen LogP contribution >= 0.6 is 0 Å². The van der Waals surface area contributed by atoms with E-state index < -0.39 is 5.97 Å². The van der Waals surface area contributed by atoms with Gasteiger partial charge in [-0.15, -0.1) is 0 Å². The maximum atomic E-state index is 10.4. The zero-order valence-electron chi connectivity index (χ0n) is 7.08. The van der Waals surface area contributed by atoms with Gasteiger partial charge in [-0.1, -0.05) is 6.58 Å². The standard InChI is InChI=1S/C9H14O3/c1-7(9(10)11)5-8-3-2-4-12-6-8/h8H,1-6H2,(H,10,11). The van der Waals surface area contributed by atoms with Crippen LogP contribution in [0.3, 0.4) is 0 Å². The molecule has 1 aliphatic rings. The molecule has 1 fully saturated rings. The number of rotatable bonds is 3. The molecule has 0 aromatic rings. The Labute approximate surface area is 72.0 Å². The molecular weight excluding hydrogens is 156 g/mol. The smallest absolute Gasteiger partial charge is 0.330 e. The van der Waals surface area contributed by atoms with Gasteiger partial charge in [-0.2, -0.15) is 0 Å². The molecule has 0 aromatic heterocycles. The average Bonchev–Trinajstić information content (AvgIpc) is 2.06.